The Balaban J connectivity index is 1.66. The van der Waals surface area contributed by atoms with E-state index in [9.17, 15) is 18.0 Å². The molecular formula is C32H44F3N3O2. The van der Waals surface area contributed by atoms with Gasteiger partial charge < -0.3 is 15.0 Å². The summed E-state index contributed by atoms with van der Waals surface area (Å²) in [6.45, 7) is 14.8. The Morgan fingerprint density at radius 1 is 0.975 bits per heavy atom. The van der Waals surface area contributed by atoms with Gasteiger partial charge in [0.15, 0.2) is 0 Å². The third-order valence-corrected chi connectivity index (χ3v) is 8.36. The zero-order chi connectivity index (χ0) is 29.1. The van der Waals surface area contributed by atoms with Gasteiger partial charge in [-0.05, 0) is 72.0 Å². The summed E-state index contributed by atoms with van der Waals surface area (Å²) in [7, 11) is 0. The summed E-state index contributed by atoms with van der Waals surface area (Å²) in [5.41, 5.74) is 3.11. The van der Waals surface area contributed by atoms with Crippen molar-refractivity contribution < 1.29 is 22.7 Å². The molecule has 0 aliphatic carbocycles. The Morgan fingerprint density at radius 2 is 1.60 bits per heavy atom. The van der Waals surface area contributed by atoms with Gasteiger partial charge >= 0.3 is 6.36 Å². The Morgan fingerprint density at radius 3 is 2.17 bits per heavy atom. The number of amides is 1. The molecule has 0 bridgehead atoms. The second-order valence-electron chi connectivity index (χ2n) is 12.7. The molecule has 8 heteroatoms. The highest BCUT2D eigenvalue weighted by Gasteiger charge is 2.41. The smallest absolute Gasteiger partial charge is 0.406 e. The highest BCUT2D eigenvalue weighted by atomic mass is 19.4. The van der Waals surface area contributed by atoms with Gasteiger partial charge in [-0.1, -0.05) is 71.0 Å². The summed E-state index contributed by atoms with van der Waals surface area (Å²) >= 11 is 0. The maximum Gasteiger partial charge on any atom is 0.573 e. The molecule has 2 aromatic rings. The number of ether oxygens (including phenoxy) is 1. The molecule has 0 spiro atoms. The second-order valence-corrected chi connectivity index (χ2v) is 12.7. The minimum absolute atomic E-state index is 0.0111. The Kier molecular flexibility index (Phi) is 9.51. The van der Waals surface area contributed by atoms with Gasteiger partial charge in [-0.25, -0.2) is 0 Å². The van der Waals surface area contributed by atoms with Crippen molar-refractivity contribution in [3.05, 3.63) is 65.2 Å². The molecule has 2 aliphatic rings. The number of rotatable bonds is 7. The third kappa shape index (κ3) is 7.58. The summed E-state index contributed by atoms with van der Waals surface area (Å²) in [5.74, 6) is 0.709. The van der Waals surface area contributed by atoms with E-state index in [1.54, 1.807) is 12.1 Å². The largest absolute Gasteiger partial charge is 0.573 e. The molecule has 2 fully saturated rings. The first-order chi connectivity index (χ1) is 18.8. The van der Waals surface area contributed by atoms with Gasteiger partial charge in [0.05, 0.1) is 6.04 Å². The van der Waals surface area contributed by atoms with Crippen LogP contribution in [0.5, 0.6) is 5.75 Å². The van der Waals surface area contributed by atoms with Crippen LogP contribution in [0, 0.1) is 11.3 Å². The lowest BCUT2D eigenvalue weighted by Crippen LogP contribution is -2.60. The zero-order valence-corrected chi connectivity index (χ0v) is 24.4. The standard InChI is InChI=1S/C32H44F3N3O2/c1-22(2)26-8-6-7-9-27(26)30(24-10-12-25(13-11-24)40-32(33,34)35)37-18-19-38(28(21-37)31(3,4)5)29(39)20-23-14-16-36-17-15-23/h6-13,22-23,28,30,36H,14-21H2,1-5H3/t28-,30?/m1/s1. The number of carbonyl (C=O) groups is 1. The van der Waals surface area contributed by atoms with Crippen LogP contribution in [0.1, 0.15) is 82.5 Å². The van der Waals surface area contributed by atoms with Crippen molar-refractivity contribution in [2.45, 2.75) is 78.2 Å². The zero-order valence-electron chi connectivity index (χ0n) is 24.4. The molecule has 0 aromatic heterocycles. The van der Waals surface area contributed by atoms with Crippen molar-refractivity contribution in [2.24, 2.45) is 11.3 Å². The second kappa shape index (κ2) is 12.5. The van der Waals surface area contributed by atoms with Crippen LogP contribution < -0.4 is 10.1 Å². The molecule has 1 unspecified atom stereocenters. The van der Waals surface area contributed by atoms with Crippen LogP contribution in [0.4, 0.5) is 13.2 Å². The molecule has 40 heavy (non-hydrogen) atoms. The summed E-state index contributed by atoms with van der Waals surface area (Å²) < 4.78 is 42.7. The van der Waals surface area contributed by atoms with Crippen molar-refractivity contribution in [3.8, 4) is 5.75 Å². The normalized spacial score (nSPS) is 20.5. The summed E-state index contributed by atoms with van der Waals surface area (Å²) in [5, 5.41) is 3.38. The Bertz CT molecular complexity index is 1120. The summed E-state index contributed by atoms with van der Waals surface area (Å²) in [6, 6.07) is 14.4. The van der Waals surface area contributed by atoms with Gasteiger partial charge in [-0.3, -0.25) is 9.69 Å². The lowest BCUT2D eigenvalue weighted by molar-refractivity contribution is -0.274. The highest BCUT2D eigenvalue weighted by Crippen LogP contribution is 2.39. The topological polar surface area (TPSA) is 44.8 Å². The minimum Gasteiger partial charge on any atom is -0.406 e. The number of hydrogen-bond acceptors (Lipinski definition) is 4. The van der Waals surface area contributed by atoms with Gasteiger partial charge in [0.1, 0.15) is 5.75 Å². The molecule has 0 saturated carbocycles. The van der Waals surface area contributed by atoms with E-state index in [2.05, 4.69) is 66.6 Å². The molecule has 0 radical (unpaired) electrons. The van der Waals surface area contributed by atoms with E-state index in [1.807, 2.05) is 12.1 Å². The molecule has 2 saturated heterocycles. The number of alkyl halides is 3. The van der Waals surface area contributed by atoms with Crippen LogP contribution in [-0.2, 0) is 4.79 Å². The van der Waals surface area contributed by atoms with Crippen LogP contribution in [-0.4, -0.2) is 60.8 Å². The maximum atomic E-state index is 13.6. The van der Waals surface area contributed by atoms with E-state index in [0.29, 0.717) is 32.0 Å². The lowest BCUT2D eigenvalue weighted by Gasteiger charge is -2.50. The SMILES string of the molecule is CC(C)c1ccccc1C(c1ccc(OC(F)(F)F)cc1)N1CCN(C(=O)CC2CCNCC2)[C@@H](C(C)(C)C)C1. The first-order valence-corrected chi connectivity index (χ1v) is 14.5. The van der Waals surface area contributed by atoms with Crippen LogP contribution in [0.25, 0.3) is 0 Å². The summed E-state index contributed by atoms with van der Waals surface area (Å²) in [4.78, 5) is 18.1. The van der Waals surface area contributed by atoms with Gasteiger partial charge in [-0.15, -0.1) is 13.2 Å². The predicted molar refractivity (Wildman–Crippen MR) is 152 cm³/mol. The molecule has 1 N–H and O–H groups in total. The molecule has 4 rings (SSSR count). The fourth-order valence-electron chi connectivity index (χ4n) is 6.25. The van der Waals surface area contributed by atoms with E-state index in [4.69, 9.17) is 0 Å². The van der Waals surface area contributed by atoms with Crippen LogP contribution in [0.3, 0.4) is 0 Å². The van der Waals surface area contributed by atoms with Gasteiger partial charge in [0.25, 0.3) is 0 Å². The van der Waals surface area contributed by atoms with E-state index in [0.717, 1.165) is 37.1 Å². The van der Waals surface area contributed by atoms with Crippen LogP contribution in [0.2, 0.25) is 0 Å². The third-order valence-electron chi connectivity index (χ3n) is 8.36. The monoisotopic (exact) mass is 559 g/mol. The molecule has 2 aromatic carbocycles. The molecule has 2 atom stereocenters. The molecular weight excluding hydrogens is 515 g/mol. The summed E-state index contributed by atoms with van der Waals surface area (Å²) in [6.07, 6.45) is -2.07. The molecule has 2 aliphatic heterocycles. The Hall–Kier alpha value is -2.58. The van der Waals surface area contributed by atoms with Gasteiger partial charge in [-0.2, -0.15) is 0 Å². The van der Waals surface area contributed by atoms with Crippen molar-refractivity contribution in [1.82, 2.24) is 15.1 Å². The predicted octanol–water partition coefficient (Wildman–Crippen LogP) is 6.75. The maximum absolute atomic E-state index is 13.6. The Labute approximate surface area is 237 Å². The number of piperazine rings is 1. The first kappa shape index (κ1) is 30.4. The van der Waals surface area contributed by atoms with Gasteiger partial charge in [0.2, 0.25) is 5.91 Å². The van der Waals surface area contributed by atoms with Crippen molar-refractivity contribution in [1.29, 1.82) is 0 Å². The first-order valence-electron chi connectivity index (χ1n) is 14.5. The minimum atomic E-state index is -4.73. The number of nitrogens with one attached hydrogen (secondary N) is 1. The molecule has 1 amide bonds. The number of carbonyl (C=O) groups excluding carboxylic acids is 1. The van der Waals surface area contributed by atoms with E-state index >= 15 is 0 Å². The number of halogens is 3. The average Bonchev–Trinajstić information content (AvgIpc) is 2.89. The fraction of sp³-hybridized carbons (Fsp3) is 0.594. The quantitative estimate of drug-likeness (QED) is 0.408. The van der Waals surface area contributed by atoms with E-state index < -0.39 is 6.36 Å². The average molecular weight is 560 g/mol. The number of nitrogens with zero attached hydrogens (tertiary/aromatic N) is 2. The van der Waals surface area contributed by atoms with Gasteiger partial charge in [0, 0.05) is 32.1 Å². The number of benzene rings is 2. The molecule has 5 nitrogen and oxygen atoms in total. The van der Waals surface area contributed by atoms with E-state index in [1.165, 1.54) is 17.7 Å². The van der Waals surface area contributed by atoms with E-state index in [-0.39, 0.29) is 35.1 Å². The van der Waals surface area contributed by atoms with Crippen LogP contribution in [0.15, 0.2) is 48.5 Å². The van der Waals surface area contributed by atoms with Crippen molar-refractivity contribution >= 4 is 5.91 Å². The van der Waals surface area contributed by atoms with Crippen LogP contribution >= 0.6 is 0 Å². The van der Waals surface area contributed by atoms with Crippen molar-refractivity contribution in [2.75, 3.05) is 32.7 Å². The lowest BCUT2D eigenvalue weighted by atomic mass is 9.81. The molecule has 2 heterocycles. The number of hydrogen-bond donors (Lipinski definition) is 1. The number of piperidine rings is 1. The molecule has 220 valence electrons. The fourth-order valence-corrected chi connectivity index (χ4v) is 6.25. The van der Waals surface area contributed by atoms with Crippen molar-refractivity contribution in [3.63, 3.8) is 0 Å². The highest BCUT2D eigenvalue weighted by molar-refractivity contribution is 5.77.